The van der Waals surface area contributed by atoms with Crippen LogP contribution in [-0.4, -0.2) is 17.3 Å². The van der Waals surface area contributed by atoms with E-state index in [1.165, 1.54) is 18.6 Å². The van der Waals surface area contributed by atoms with Crippen LogP contribution in [0.4, 0.5) is 0 Å². The van der Waals surface area contributed by atoms with Gasteiger partial charge in [-0.05, 0) is 18.6 Å². The first-order chi connectivity index (χ1) is 3.93. The smallest absolute Gasteiger partial charge is 0.132 e. The van der Waals surface area contributed by atoms with Crippen molar-refractivity contribution in [3.05, 3.63) is 0 Å². The van der Waals surface area contributed by atoms with Crippen LogP contribution in [0.3, 0.4) is 0 Å². The minimum absolute atomic E-state index is 0.323. The number of carbonyl (C=O) groups is 1. The Kier molecular flexibility index (Phi) is 2.40. The van der Waals surface area contributed by atoms with Gasteiger partial charge in [0.1, 0.15) is 6.29 Å². The molecule has 0 aromatic carbocycles. The van der Waals surface area contributed by atoms with Crippen LogP contribution >= 0.6 is 11.8 Å². The van der Waals surface area contributed by atoms with Crippen molar-refractivity contribution >= 4 is 18.0 Å². The molecule has 0 aliphatic carbocycles. The van der Waals surface area contributed by atoms with Crippen molar-refractivity contribution in [2.24, 2.45) is 0 Å². The molecule has 2 heteroatoms. The van der Waals surface area contributed by atoms with Crippen LogP contribution in [0, 0.1) is 0 Å². The molecule has 1 fully saturated rings. The fourth-order valence-corrected chi connectivity index (χ4v) is 1.96. The minimum Gasteiger partial charge on any atom is -0.302 e. The van der Waals surface area contributed by atoms with E-state index in [9.17, 15) is 4.79 Å². The maximum atomic E-state index is 10.1. The summed E-state index contributed by atoms with van der Waals surface area (Å²) in [4.78, 5) is 10.1. The van der Waals surface area contributed by atoms with Gasteiger partial charge in [-0.3, -0.25) is 0 Å². The molecule has 8 heavy (non-hydrogen) atoms. The summed E-state index contributed by atoms with van der Waals surface area (Å²) in [6, 6.07) is 0. The second-order valence-electron chi connectivity index (χ2n) is 2.04. The van der Waals surface area contributed by atoms with Gasteiger partial charge in [0.05, 0.1) is 5.25 Å². The van der Waals surface area contributed by atoms with Crippen molar-refractivity contribution in [2.45, 2.75) is 24.5 Å². The molecule has 46 valence electrons. The Morgan fingerprint density at radius 1 is 1.50 bits per heavy atom. The molecular weight excluding hydrogens is 120 g/mol. The molecule has 0 aromatic rings. The van der Waals surface area contributed by atoms with Gasteiger partial charge in [0, 0.05) is 0 Å². The van der Waals surface area contributed by atoms with Crippen molar-refractivity contribution < 1.29 is 4.79 Å². The van der Waals surface area contributed by atoms with Crippen molar-refractivity contribution in [1.82, 2.24) is 0 Å². The molecule has 0 spiro atoms. The number of rotatable bonds is 1. The van der Waals surface area contributed by atoms with Gasteiger partial charge in [0.25, 0.3) is 0 Å². The van der Waals surface area contributed by atoms with E-state index in [0.717, 1.165) is 12.7 Å². The molecule has 1 saturated heterocycles. The third kappa shape index (κ3) is 1.51. The van der Waals surface area contributed by atoms with E-state index in [4.69, 9.17) is 0 Å². The van der Waals surface area contributed by atoms with Gasteiger partial charge >= 0.3 is 0 Å². The minimum atomic E-state index is 0.323. The summed E-state index contributed by atoms with van der Waals surface area (Å²) in [5.41, 5.74) is 0. The molecule has 0 N–H and O–H groups in total. The lowest BCUT2D eigenvalue weighted by Gasteiger charge is -2.14. The number of aldehydes is 1. The van der Waals surface area contributed by atoms with E-state index in [1.807, 2.05) is 0 Å². The number of hydrogen-bond donors (Lipinski definition) is 0. The van der Waals surface area contributed by atoms with Crippen molar-refractivity contribution in [1.29, 1.82) is 0 Å². The highest BCUT2D eigenvalue weighted by Gasteiger charge is 2.11. The van der Waals surface area contributed by atoms with Crippen molar-refractivity contribution in [3.8, 4) is 0 Å². The van der Waals surface area contributed by atoms with E-state index in [1.54, 1.807) is 11.8 Å². The molecule has 0 amide bonds. The molecule has 1 heterocycles. The molecule has 0 radical (unpaired) electrons. The molecule has 0 unspecified atom stereocenters. The topological polar surface area (TPSA) is 17.1 Å². The maximum Gasteiger partial charge on any atom is 0.132 e. The zero-order chi connectivity index (χ0) is 5.82. The molecule has 1 aliphatic rings. The highest BCUT2D eigenvalue weighted by atomic mass is 32.2. The summed E-state index contributed by atoms with van der Waals surface area (Å²) in [5, 5.41) is 0.323. The van der Waals surface area contributed by atoms with Crippen LogP contribution in [0.2, 0.25) is 0 Å². The monoisotopic (exact) mass is 130 g/mol. The number of hydrogen-bond acceptors (Lipinski definition) is 2. The van der Waals surface area contributed by atoms with Crippen LogP contribution in [-0.2, 0) is 4.79 Å². The lowest BCUT2D eigenvalue weighted by atomic mass is 10.2. The molecular formula is C6H10OS. The number of thioether (sulfide) groups is 1. The van der Waals surface area contributed by atoms with Crippen molar-refractivity contribution in [3.63, 3.8) is 0 Å². The lowest BCUT2D eigenvalue weighted by Crippen LogP contribution is -2.09. The fraction of sp³-hybridized carbons (Fsp3) is 0.833. The Bertz CT molecular complexity index is 76.6. The second-order valence-corrected chi connectivity index (χ2v) is 3.39. The summed E-state index contributed by atoms with van der Waals surface area (Å²) in [6.07, 6.45) is 4.73. The van der Waals surface area contributed by atoms with Crippen LogP contribution < -0.4 is 0 Å². The SMILES string of the molecule is O=C[C@@H]1CCCCS1. The first kappa shape index (κ1) is 6.14. The van der Waals surface area contributed by atoms with E-state index in [2.05, 4.69) is 0 Å². The summed E-state index contributed by atoms with van der Waals surface area (Å²) >= 11 is 1.80. The normalized spacial score (nSPS) is 29.8. The Morgan fingerprint density at radius 3 is 2.75 bits per heavy atom. The summed E-state index contributed by atoms with van der Waals surface area (Å²) in [7, 11) is 0. The average Bonchev–Trinajstić information content (AvgIpc) is 1.90. The fourth-order valence-electron chi connectivity index (χ4n) is 0.873. The van der Waals surface area contributed by atoms with Gasteiger partial charge in [0.15, 0.2) is 0 Å². The molecule has 0 aromatic heterocycles. The quantitative estimate of drug-likeness (QED) is 0.500. The Morgan fingerprint density at radius 2 is 2.38 bits per heavy atom. The zero-order valence-corrected chi connectivity index (χ0v) is 5.62. The highest BCUT2D eigenvalue weighted by molar-refractivity contribution is 8.00. The average molecular weight is 130 g/mol. The van der Waals surface area contributed by atoms with Gasteiger partial charge < -0.3 is 4.79 Å². The summed E-state index contributed by atoms with van der Waals surface area (Å²) < 4.78 is 0. The summed E-state index contributed by atoms with van der Waals surface area (Å²) in [5.74, 6) is 1.18. The molecule has 0 bridgehead atoms. The Balaban J connectivity index is 2.22. The van der Waals surface area contributed by atoms with Gasteiger partial charge in [0.2, 0.25) is 0 Å². The lowest BCUT2D eigenvalue weighted by molar-refractivity contribution is -0.107. The Hall–Kier alpha value is 0.0200. The second kappa shape index (κ2) is 3.13. The van der Waals surface area contributed by atoms with Crippen LogP contribution in [0.5, 0.6) is 0 Å². The van der Waals surface area contributed by atoms with Crippen molar-refractivity contribution in [2.75, 3.05) is 5.75 Å². The first-order valence-corrected chi connectivity index (χ1v) is 4.05. The largest absolute Gasteiger partial charge is 0.302 e. The van der Waals surface area contributed by atoms with E-state index < -0.39 is 0 Å². The number of carbonyl (C=O) groups excluding carboxylic acids is 1. The van der Waals surface area contributed by atoms with E-state index in [-0.39, 0.29) is 0 Å². The molecule has 0 saturated carbocycles. The molecule has 1 nitrogen and oxygen atoms in total. The van der Waals surface area contributed by atoms with E-state index >= 15 is 0 Å². The van der Waals surface area contributed by atoms with Crippen LogP contribution in [0.25, 0.3) is 0 Å². The van der Waals surface area contributed by atoms with Gasteiger partial charge in [-0.2, -0.15) is 11.8 Å². The first-order valence-electron chi connectivity index (χ1n) is 3.00. The third-order valence-electron chi connectivity index (χ3n) is 1.37. The highest BCUT2D eigenvalue weighted by Crippen LogP contribution is 2.22. The molecule has 1 aliphatic heterocycles. The van der Waals surface area contributed by atoms with E-state index in [0.29, 0.717) is 5.25 Å². The summed E-state index contributed by atoms with van der Waals surface area (Å²) in [6.45, 7) is 0. The maximum absolute atomic E-state index is 10.1. The van der Waals surface area contributed by atoms with Crippen LogP contribution in [0.15, 0.2) is 0 Å². The van der Waals surface area contributed by atoms with Gasteiger partial charge in [-0.15, -0.1) is 0 Å². The predicted molar refractivity (Wildman–Crippen MR) is 36.2 cm³/mol. The van der Waals surface area contributed by atoms with Gasteiger partial charge in [-0.1, -0.05) is 6.42 Å². The molecule has 1 rings (SSSR count). The Labute approximate surface area is 53.8 Å². The third-order valence-corrected chi connectivity index (χ3v) is 2.67. The zero-order valence-electron chi connectivity index (χ0n) is 4.80. The van der Waals surface area contributed by atoms with Gasteiger partial charge in [-0.25, -0.2) is 0 Å². The standard InChI is InChI=1S/C6H10OS/c7-5-6-3-1-2-4-8-6/h5-6H,1-4H2/t6-/m0/s1. The predicted octanol–water partition coefficient (Wildman–Crippen LogP) is 1.47. The molecule has 1 atom stereocenters. The van der Waals surface area contributed by atoms with Crippen LogP contribution in [0.1, 0.15) is 19.3 Å².